The topological polar surface area (TPSA) is 206 Å². The van der Waals surface area contributed by atoms with Crippen LogP contribution in [0, 0.1) is 11.6 Å². The van der Waals surface area contributed by atoms with E-state index >= 15 is 0 Å². The molecule has 0 aliphatic carbocycles. The van der Waals surface area contributed by atoms with Crippen molar-refractivity contribution in [2.45, 2.75) is 31.8 Å². The summed E-state index contributed by atoms with van der Waals surface area (Å²) in [7, 11) is 6.73. The third-order valence-corrected chi connectivity index (χ3v) is 10.2. The van der Waals surface area contributed by atoms with Crippen molar-refractivity contribution in [2.24, 2.45) is 20.7 Å². The van der Waals surface area contributed by atoms with Gasteiger partial charge in [0.2, 0.25) is 5.91 Å². The van der Waals surface area contributed by atoms with E-state index in [1.165, 1.54) is 36.3 Å². The number of halogens is 3. The number of benzene rings is 4. The maximum atomic E-state index is 14.7. The number of amides is 2. The van der Waals surface area contributed by atoms with E-state index in [9.17, 15) is 32.8 Å². The molecule has 1 unspecified atom stereocenters. The van der Waals surface area contributed by atoms with Gasteiger partial charge in [0.1, 0.15) is 30.5 Å². The third-order valence-electron chi connectivity index (χ3n) is 9.94. The highest BCUT2D eigenvalue weighted by Crippen LogP contribution is 2.32. The van der Waals surface area contributed by atoms with Crippen LogP contribution in [0.3, 0.4) is 0 Å². The van der Waals surface area contributed by atoms with Crippen LogP contribution in [-0.4, -0.2) is 127 Å². The number of likely N-dealkylation sites (N-methyl/N-ethyl adjacent to an activating group) is 1. The fraction of sp³-hybridized carbons (Fsp3) is 0.306. The Hall–Kier alpha value is -6.63. The number of rotatable bonds is 19. The highest BCUT2D eigenvalue weighted by Gasteiger charge is 2.34. The Kier molecular flexibility index (Phi) is 24.3. The van der Waals surface area contributed by atoms with E-state index < -0.39 is 17.7 Å². The maximum Gasteiger partial charge on any atom is 0.255 e. The van der Waals surface area contributed by atoms with Gasteiger partial charge in [-0.2, -0.15) is 0 Å². The number of fused-ring (bicyclic) bond motifs is 2. The second-order valence-electron chi connectivity index (χ2n) is 14.2. The Balaban J connectivity index is 0.000000292. The number of carbonyl (C=O) groups excluding carboxylic acids is 5. The lowest BCUT2D eigenvalue weighted by molar-refractivity contribution is -0.121. The molecule has 5 N–H and O–H groups in total. The normalized spacial score (nSPS) is 14.0. The molecule has 0 aromatic heterocycles. The molecule has 0 radical (unpaired) electrons. The van der Waals surface area contributed by atoms with Crippen LogP contribution in [0.1, 0.15) is 62.2 Å². The largest absolute Gasteiger partial charge is 0.388 e. The average molecular weight is 943 g/mol. The number of hydrogen-bond donors (Lipinski definition) is 4. The van der Waals surface area contributed by atoms with Gasteiger partial charge in [-0.3, -0.25) is 24.4 Å². The monoisotopic (exact) mass is 942 g/mol. The van der Waals surface area contributed by atoms with E-state index in [1.807, 2.05) is 19.2 Å². The summed E-state index contributed by atoms with van der Waals surface area (Å²) in [6, 6.07) is 20.3. The first-order valence-corrected chi connectivity index (χ1v) is 21.6. The van der Waals surface area contributed by atoms with Gasteiger partial charge in [-0.1, -0.05) is 29.8 Å². The average Bonchev–Trinajstić information content (AvgIpc) is 3.61. The fourth-order valence-corrected chi connectivity index (χ4v) is 6.81. The zero-order valence-corrected chi connectivity index (χ0v) is 38.8. The van der Waals surface area contributed by atoms with Crippen molar-refractivity contribution < 1.29 is 42.2 Å². The molecule has 0 spiro atoms. The van der Waals surface area contributed by atoms with Crippen LogP contribution in [0.4, 0.5) is 20.2 Å². The van der Waals surface area contributed by atoms with Gasteiger partial charge in [0.15, 0.2) is 0 Å². The summed E-state index contributed by atoms with van der Waals surface area (Å²) in [5, 5.41) is 8.92. The van der Waals surface area contributed by atoms with Crippen molar-refractivity contribution in [1.29, 1.82) is 0 Å². The molecule has 0 saturated heterocycles. The lowest BCUT2D eigenvalue weighted by Crippen LogP contribution is -2.37. The van der Waals surface area contributed by atoms with Crippen LogP contribution in [0.5, 0.6) is 0 Å². The van der Waals surface area contributed by atoms with Crippen LogP contribution in [0.25, 0.3) is 0 Å². The van der Waals surface area contributed by atoms with Crippen LogP contribution in [0.2, 0.25) is 5.02 Å². The lowest BCUT2D eigenvalue weighted by atomic mass is 9.93. The second-order valence-corrected chi connectivity index (χ2v) is 14.6. The molecule has 0 saturated carbocycles. The molecule has 18 heteroatoms. The number of carbonyl (C=O) groups is 5. The van der Waals surface area contributed by atoms with Gasteiger partial charge in [0, 0.05) is 90.3 Å². The first-order chi connectivity index (χ1) is 32.5. The van der Waals surface area contributed by atoms with E-state index in [0.717, 1.165) is 36.7 Å². The van der Waals surface area contributed by atoms with Crippen molar-refractivity contribution in [3.05, 3.63) is 141 Å². The van der Waals surface area contributed by atoms with Crippen LogP contribution in [-0.2, 0) is 30.4 Å². The predicted octanol–water partition coefficient (Wildman–Crippen LogP) is 6.17. The SMILES string of the molecule is C=N/C=C1/CN=C(c2c(F)cccc2F)c2cc(Cl)ccc2C1=Nc1ccc(C=O)cc1.CN.CNC(=O)CCC(C=O)N1Cc2c(NC)cccc2C1=O.CNCCOCCOCCC=O. The summed E-state index contributed by atoms with van der Waals surface area (Å²) in [4.78, 5) is 70.5. The molecule has 2 aliphatic heterocycles. The smallest absolute Gasteiger partial charge is 0.255 e. The molecule has 4 aromatic carbocycles. The number of nitrogens with one attached hydrogen (secondary N) is 3. The number of nitrogens with zero attached hydrogens (tertiary/aromatic N) is 4. The van der Waals surface area contributed by atoms with Crippen molar-refractivity contribution in [1.82, 2.24) is 15.5 Å². The van der Waals surface area contributed by atoms with Gasteiger partial charge in [-0.25, -0.2) is 13.8 Å². The number of aliphatic imine (C=N–C) groups is 3. The maximum absolute atomic E-state index is 14.7. The minimum absolute atomic E-state index is 0.0691. The van der Waals surface area contributed by atoms with Gasteiger partial charge in [-0.15, -0.1) is 0 Å². The molecule has 6 rings (SSSR count). The molecule has 4 aromatic rings. The van der Waals surface area contributed by atoms with E-state index in [0.29, 0.717) is 90.1 Å². The number of aldehydes is 3. The standard InChI is InChI=1S/C25H16ClF2N3O.C15H19N3O3.C8H17NO3.CH5N/c1-29-12-16-13-30-25(23-21(27)3-2-4-22(23)28)20-11-17(26)7-10-19(20)24(16)31-18-8-5-15(14-32)6-9-18;1-16-13-5-3-4-11-12(13)8-18(15(11)21)10(9-19)6-7-14(20)17-2;1-9-3-6-12-8-7-11-5-2-4-10;1-2/h2-12,14H,1,13H2;3-5,9-10,16H,6-8H2,1-2H3,(H,17,20);4,9H,2-3,5-8H2,1H3;2H2,1H3/b16-12-,31-24?;;;. The van der Waals surface area contributed by atoms with E-state index in [-0.39, 0.29) is 36.1 Å². The molecule has 0 bridgehead atoms. The van der Waals surface area contributed by atoms with Crippen LogP contribution < -0.4 is 21.7 Å². The third kappa shape index (κ3) is 16.0. The summed E-state index contributed by atoms with van der Waals surface area (Å²) in [6.07, 6.45) is 4.87. The Morgan fingerprint density at radius 2 is 1.61 bits per heavy atom. The van der Waals surface area contributed by atoms with Crippen molar-refractivity contribution in [3.63, 3.8) is 0 Å². The highest BCUT2D eigenvalue weighted by molar-refractivity contribution is 6.32. The number of ether oxygens (including phenoxy) is 2. The van der Waals surface area contributed by atoms with E-state index in [4.69, 9.17) is 26.1 Å². The second kappa shape index (κ2) is 29.8. The summed E-state index contributed by atoms with van der Waals surface area (Å²) in [5.74, 6) is -1.75. The Bertz CT molecular complexity index is 2380. The summed E-state index contributed by atoms with van der Waals surface area (Å²) in [5.41, 5.74) is 10.1. The quantitative estimate of drug-likeness (QED) is 0.0478. The molecule has 2 heterocycles. The highest BCUT2D eigenvalue weighted by atomic mass is 35.5. The van der Waals surface area contributed by atoms with E-state index in [1.54, 1.807) is 62.6 Å². The van der Waals surface area contributed by atoms with Gasteiger partial charge in [-0.05, 0) is 87.9 Å². The minimum atomic E-state index is -0.730. The van der Waals surface area contributed by atoms with Gasteiger partial charge < -0.3 is 45.6 Å². The first-order valence-electron chi connectivity index (χ1n) is 21.2. The summed E-state index contributed by atoms with van der Waals surface area (Å²) in [6.45, 7) is 7.20. The van der Waals surface area contributed by atoms with Crippen molar-refractivity contribution >= 4 is 71.8 Å². The Morgan fingerprint density at radius 3 is 2.22 bits per heavy atom. The van der Waals surface area contributed by atoms with E-state index in [2.05, 4.69) is 38.4 Å². The molecule has 2 aliphatic rings. The minimum Gasteiger partial charge on any atom is -0.388 e. The zero-order valence-electron chi connectivity index (χ0n) is 38.0. The number of hydrogen-bond acceptors (Lipinski definition) is 13. The van der Waals surface area contributed by atoms with Crippen LogP contribution in [0.15, 0.2) is 106 Å². The van der Waals surface area contributed by atoms with Crippen LogP contribution >= 0.6 is 11.6 Å². The lowest BCUT2D eigenvalue weighted by Gasteiger charge is -2.22. The number of nitrogens with two attached hydrogens (primary N) is 1. The molecule has 2 amide bonds. The van der Waals surface area contributed by atoms with Crippen molar-refractivity contribution in [2.75, 3.05) is 73.0 Å². The first kappa shape index (κ1) is 54.7. The molecule has 67 heavy (non-hydrogen) atoms. The predicted molar refractivity (Wildman–Crippen MR) is 259 cm³/mol. The van der Waals surface area contributed by atoms with Crippen molar-refractivity contribution in [3.8, 4) is 0 Å². The zero-order chi connectivity index (χ0) is 49.1. The molecular weight excluding hydrogens is 886 g/mol. The number of anilines is 1. The molecule has 15 nitrogen and oxygen atoms in total. The Labute approximate surface area is 394 Å². The fourth-order valence-electron chi connectivity index (χ4n) is 6.64. The molecule has 1 atom stereocenters. The summed E-state index contributed by atoms with van der Waals surface area (Å²) < 4.78 is 39.6. The molecule has 0 fully saturated rings. The Morgan fingerprint density at radius 1 is 0.925 bits per heavy atom. The van der Waals surface area contributed by atoms with Gasteiger partial charge in [0.05, 0.1) is 61.7 Å². The molecule has 356 valence electrons. The van der Waals surface area contributed by atoms with Gasteiger partial charge >= 0.3 is 0 Å². The molecular formula is C49H57ClF2N8O7. The van der Waals surface area contributed by atoms with Gasteiger partial charge in [0.25, 0.3) is 5.91 Å². The summed E-state index contributed by atoms with van der Waals surface area (Å²) >= 11 is 6.24.